The third-order valence-corrected chi connectivity index (χ3v) is 3.27. The second-order valence-corrected chi connectivity index (χ2v) is 4.86. The molecule has 4 nitrogen and oxygen atoms in total. The number of aliphatic hydroxyl groups excluding tert-OH is 1. The fourth-order valence-electron chi connectivity index (χ4n) is 2.21. The molecule has 1 aliphatic heterocycles. The zero-order valence-corrected chi connectivity index (χ0v) is 10.5. The molecule has 94 valence electrons. The zero-order valence-electron chi connectivity index (χ0n) is 10.5. The van der Waals surface area contributed by atoms with E-state index in [9.17, 15) is 4.79 Å². The summed E-state index contributed by atoms with van der Waals surface area (Å²) in [5.41, 5.74) is 0. The Kier molecular flexibility index (Phi) is 5.77. The number of likely N-dealkylation sites (tertiary alicyclic amines) is 1. The number of aliphatic hydroxyl groups is 1. The van der Waals surface area contributed by atoms with Gasteiger partial charge in [-0.25, -0.2) is 0 Å². The van der Waals surface area contributed by atoms with E-state index in [0.717, 1.165) is 32.5 Å². The van der Waals surface area contributed by atoms with Crippen LogP contribution in [0.2, 0.25) is 0 Å². The number of hydrogen-bond acceptors (Lipinski definition) is 3. The number of amides is 1. The van der Waals surface area contributed by atoms with Gasteiger partial charge in [0.05, 0.1) is 0 Å². The first-order valence-corrected chi connectivity index (χ1v) is 6.17. The van der Waals surface area contributed by atoms with E-state index in [4.69, 9.17) is 5.11 Å². The van der Waals surface area contributed by atoms with Gasteiger partial charge < -0.3 is 14.9 Å². The minimum absolute atomic E-state index is 0.214. The summed E-state index contributed by atoms with van der Waals surface area (Å²) in [4.78, 5) is 15.4. The molecule has 1 N–H and O–H groups in total. The summed E-state index contributed by atoms with van der Waals surface area (Å²) in [6.45, 7) is 3.54. The number of hydrogen-bond donors (Lipinski definition) is 1. The maximum Gasteiger partial charge on any atom is 0.222 e. The SMILES string of the molecule is CN(C)C(=O)CCCN1CCC(CCO)C1. The molecule has 0 saturated carbocycles. The van der Waals surface area contributed by atoms with E-state index >= 15 is 0 Å². The molecule has 1 fully saturated rings. The Morgan fingerprint density at radius 1 is 1.50 bits per heavy atom. The van der Waals surface area contributed by atoms with Crippen molar-refractivity contribution >= 4 is 5.91 Å². The Labute approximate surface area is 98.2 Å². The normalized spacial score (nSPS) is 21.3. The van der Waals surface area contributed by atoms with Crippen LogP contribution in [0.3, 0.4) is 0 Å². The summed E-state index contributed by atoms with van der Waals surface area (Å²) in [5, 5.41) is 8.85. The summed E-state index contributed by atoms with van der Waals surface area (Å²) in [6.07, 6.45) is 3.71. The van der Waals surface area contributed by atoms with Gasteiger partial charge in [-0.15, -0.1) is 0 Å². The topological polar surface area (TPSA) is 43.8 Å². The van der Waals surface area contributed by atoms with Crippen molar-refractivity contribution < 1.29 is 9.90 Å². The van der Waals surface area contributed by atoms with Crippen molar-refractivity contribution in [1.82, 2.24) is 9.80 Å². The Hall–Kier alpha value is -0.610. The molecule has 1 aliphatic rings. The lowest BCUT2D eigenvalue weighted by atomic mass is 10.1. The Morgan fingerprint density at radius 3 is 2.88 bits per heavy atom. The van der Waals surface area contributed by atoms with Crippen LogP contribution in [0.5, 0.6) is 0 Å². The Bertz CT molecular complexity index is 219. The summed E-state index contributed by atoms with van der Waals surface area (Å²) >= 11 is 0. The molecule has 1 amide bonds. The van der Waals surface area contributed by atoms with E-state index < -0.39 is 0 Å². The monoisotopic (exact) mass is 228 g/mol. The van der Waals surface area contributed by atoms with Gasteiger partial charge in [0.1, 0.15) is 0 Å². The lowest BCUT2D eigenvalue weighted by Gasteiger charge is -2.16. The second-order valence-electron chi connectivity index (χ2n) is 4.86. The van der Waals surface area contributed by atoms with Crippen molar-refractivity contribution in [2.75, 3.05) is 40.3 Å². The van der Waals surface area contributed by atoms with Crippen molar-refractivity contribution in [2.24, 2.45) is 5.92 Å². The number of nitrogens with zero attached hydrogens (tertiary/aromatic N) is 2. The lowest BCUT2D eigenvalue weighted by molar-refractivity contribution is -0.128. The fourth-order valence-corrected chi connectivity index (χ4v) is 2.21. The van der Waals surface area contributed by atoms with Gasteiger partial charge in [0.15, 0.2) is 0 Å². The average Bonchev–Trinajstić information content (AvgIpc) is 2.66. The second kappa shape index (κ2) is 6.86. The fraction of sp³-hybridized carbons (Fsp3) is 0.917. The third kappa shape index (κ3) is 4.49. The van der Waals surface area contributed by atoms with E-state index in [0.29, 0.717) is 18.9 Å². The first-order chi connectivity index (χ1) is 7.63. The Morgan fingerprint density at radius 2 is 2.25 bits per heavy atom. The molecule has 0 aromatic rings. The van der Waals surface area contributed by atoms with Crippen LogP contribution in [0.1, 0.15) is 25.7 Å². The largest absolute Gasteiger partial charge is 0.396 e. The molecule has 4 heteroatoms. The van der Waals surface area contributed by atoms with Crippen molar-refractivity contribution in [2.45, 2.75) is 25.7 Å². The molecular formula is C12H24N2O2. The average molecular weight is 228 g/mol. The van der Waals surface area contributed by atoms with Crippen LogP contribution in [0.25, 0.3) is 0 Å². The quantitative estimate of drug-likeness (QED) is 0.722. The van der Waals surface area contributed by atoms with Gasteiger partial charge in [0.25, 0.3) is 0 Å². The highest BCUT2D eigenvalue weighted by Crippen LogP contribution is 2.19. The van der Waals surface area contributed by atoms with Crippen LogP contribution < -0.4 is 0 Å². The minimum atomic E-state index is 0.214. The smallest absolute Gasteiger partial charge is 0.222 e. The van der Waals surface area contributed by atoms with Gasteiger partial charge in [0.2, 0.25) is 5.91 Å². The summed E-state index contributed by atoms with van der Waals surface area (Å²) < 4.78 is 0. The lowest BCUT2D eigenvalue weighted by Crippen LogP contribution is -2.25. The van der Waals surface area contributed by atoms with Crippen LogP contribution in [0.15, 0.2) is 0 Å². The number of carbonyl (C=O) groups is 1. The maximum absolute atomic E-state index is 11.4. The van der Waals surface area contributed by atoms with Crippen molar-refractivity contribution in [1.29, 1.82) is 0 Å². The van der Waals surface area contributed by atoms with Gasteiger partial charge >= 0.3 is 0 Å². The van der Waals surface area contributed by atoms with E-state index in [1.165, 1.54) is 6.42 Å². The van der Waals surface area contributed by atoms with E-state index in [1.54, 1.807) is 19.0 Å². The molecule has 1 saturated heterocycles. The van der Waals surface area contributed by atoms with E-state index in [2.05, 4.69) is 4.90 Å². The molecule has 0 bridgehead atoms. The predicted molar refractivity (Wildman–Crippen MR) is 64.2 cm³/mol. The van der Waals surface area contributed by atoms with Gasteiger partial charge in [0, 0.05) is 33.7 Å². The molecule has 1 rings (SSSR count). The zero-order chi connectivity index (χ0) is 12.0. The molecule has 0 aromatic heterocycles. The van der Waals surface area contributed by atoms with Gasteiger partial charge in [-0.1, -0.05) is 0 Å². The molecular weight excluding hydrogens is 204 g/mol. The van der Waals surface area contributed by atoms with Crippen LogP contribution in [-0.2, 0) is 4.79 Å². The van der Waals surface area contributed by atoms with Crippen molar-refractivity contribution in [3.63, 3.8) is 0 Å². The molecule has 1 unspecified atom stereocenters. The molecule has 0 aromatic carbocycles. The predicted octanol–water partition coefficient (Wildman–Crippen LogP) is 0.559. The first kappa shape index (κ1) is 13.5. The van der Waals surface area contributed by atoms with Crippen LogP contribution >= 0.6 is 0 Å². The van der Waals surface area contributed by atoms with Crippen molar-refractivity contribution in [3.05, 3.63) is 0 Å². The summed E-state index contributed by atoms with van der Waals surface area (Å²) in [5.74, 6) is 0.876. The molecule has 1 atom stereocenters. The summed E-state index contributed by atoms with van der Waals surface area (Å²) in [7, 11) is 3.60. The van der Waals surface area contributed by atoms with Gasteiger partial charge in [-0.2, -0.15) is 0 Å². The van der Waals surface area contributed by atoms with E-state index in [-0.39, 0.29) is 5.91 Å². The highest BCUT2D eigenvalue weighted by molar-refractivity contribution is 5.75. The molecule has 0 radical (unpaired) electrons. The van der Waals surface area contributed by atoms with Crippen LogP contribution in [0.4, 0.5) is 0 Å². The van der Waals surface area contributed by atoms with Gasteiger partial charge in [-0.3, -0.25) is 4.79 Å². The van der Waals surface area contributed by atoms with Crippen LogP contribution in [0, 0.1) is 5.92 Å². The highest BCUT2D eigenvalue weighted by atomic mass is 16.3. The van der Waals surface area contributed by atoms with Crippen molar-refractivity contribution in [3.8, 4) is 0 Å². The van der Waals surface area contributed by atoms with E-state index in [1.807, 2.05) is 0 Å². The number of rotatable bonds is 6. The molecule has 16 heavy (non-hydrogen) atoms. The third-order valence-electron chi connectivity index (χ3n) is 3.27. The van der Waals surface area contributed by atoms with Gasteiger partial charge in [-0.05, 0) is 38.3 Å². The molecule has 0 spiro atoms. The Balaban J connectivity index is 2.09. The molecule has 0 aliphatic carbocycles. The first-order valence-electron chi connectivity index (χ1n) is 6.17. The maximum atomic E-state index is 11.4. The van der Waals surface area contributed by atoms with Crippen LogP contribution in [-0.4, -0.2) is 61.2 Å². The standard InChI is InChI=1S/C12H24N2O2/c1-13(2)12(16)4-3-7-14-8-5-11(10-14)6-9-15/h11,15H,3-10H2,1-2H3. The highest BCUT2D eigenvalue weighted by Gasteiger charge is 2.21. The number of carbonyl (C=O) groups excluding carboxylic acids is 1. The minimum Gasteiger partial charge on any atom is -0.396 e. The molecule has 1 heterocycles. The summed E-state index contributed by atoms with van der Waals surface area (Å²) in [6, 6.07) is 0.